The lowest BCUT2D eigenvalue weighted by Gasteiger charge is -2.17. The molecule has 0 aliphatic rings. The van der Waals surface area contributed by atoms with Crippen LogP contribution in [0.1, 0.15) is 35.1 Å². The van der Waals surface area contributed by atoms with Gasteiger partial charge >= 0.3 is 17.8 Å². The summed E-state index contributed by atoms with van der Waals surface area (Å²) < 4.78 is 43.5. The van der Waals surface area contributed by atoms with Crippen LogP contribution in [0.15, 0.2) is 9.59 Å². The van der Waals surface area contributed by atoms with Gasteiger partial charge < -0.3 is 4.74 Å². The third-order valence-corrected chi connectivity index (χ3v) is 4.53. The van der Waals surface area contributed by atoms with Gasteiger partial charge in [-0.25, -0.2) is 14.2 Å². The number of fused-ring (bicyclic) bond motifs is 1. The molecule has 0 amide bonds. The fraction of sp³-hybridized carbons (Fsp3) is 0.462. The lowest BCUT2D eigenvalue weighted by atomic mass is 10.2. The molecule has 0 saturated heterocycles. The number of halogens is 3. The van der Waals surface area contributed by atoms with Gasteiger partial charge in [-0.15, -0.1) is 11.3 Å². The van der Waals surface area contributed by atoms with E-state index in [0.29, 0.717) is 0 Å². The first-order chi connectivity index (χ1) is 10.6. The van der Waals surface area contributed by atoms with Gasteiger partial charge in [-0.05, 0) is 26.3 Å². The average Bonchev–Trinajstić information content (AvgIpc) is 2.75. The summed E-state index contributed by atoms with van der Waals surface area (Å²) in [4.78, 5) is 38.4. The minimum Gasteiger partial charge on any atom is -0.462 e. The Morgan fingerprint density at radius 2 is 2.00 bits per heavy atom. The minimum absolute atomic E-state index is 0.0474. The van der Waals surface area contributed by atoms with E-state index in [2.05, 4.69) is 4.98 Å². The monoisotopic (exact) mass is 350 g/mol. The summed E-state index contributed by atoms with van der Waals surface area (Å²) in [7, 11) is 0. The van der Waals surface area contributed by atoms with Crippen molar-refractivity contribution in [3.8, 4) is 0 Å². The molecule has 23 heavy (non-hydrogen) atoms. The summed E-state index contributed by atoms with van der Waals surface area (Å²) in [6, 6.07) is -2.28. The Hall–Kier alpha value is -2.10. The zero-order valence-corrected chi connectivity index (χ0v) is 13.2. The summed E-state index contributed by atoms with van der Waals surface area (Å²) in [5.74, 6) is -0.693. The van der Waals surface area contributed by atoms with E-state index >= 15 is 0 Å². The molecule has 2 aromatic rings. The predicted octanol–water partition coefficient (Wildman–Crippen LogP) is 2.36. The molecule has 2 heterocycles. The molecule has 0 unspecified atom stereocenters. The number of rotatable bonds is 3. The van der Waals surface area contributed by atoms with Crippen LogP contribution in [-0.2, 0) is 4.74 Å². The van der Waals surface area contributed by atoms with Gasteiger partial charge in [0.1, 0.15) is 15.7 Å². The van der Waals surface area contributed by atoms with Crippen LogP contribution in [-0.4, -0.2) is 28.3 Å². The molecule has 126 valence electrons. The van der Waals surface area contributed by atoms with Gasteiger partial charge in [0.15, 0.2) is 0 Å². The van der Waals surface area contributed by atoms with Crippen molar-refractivity contribution in [1.82, 2.24) is 9.55 Å². The lowest BCUT2D eigenvalue weighted by Crippen LogP contribution is -2.42. The van der Waals surface area contributed by atoms with Gasteiger partial charge in [-0.3, -0.25) is 9.78 Å². The number of nitrogens with one attached hydrogen (secondary N) is 1. The second kappa shape index (κ2) is 5.84. The van der Waals surface area contributed by atoms with Crippen molar-refractivity contribution in [3.63, 3.8) is 0 Å². The molecule has 0 aliphatic carbocycles. The topological polar surface area (TPSA) is 81.2 Å². The molecule has 0 saturated carbocycles. The highest BCUT2D eigenvalue weighted by Gasteiger charge is 2.39. The summed E-state index contributed by atoms with van der Waals surface area (Å²) in [5.41, 5.74) is -2.07. The van der Waals surface area contributed by atoms with Crippen LogP contribution in [0.4, 0.5) is 13.2 Å². The standard InChI is InChI=1S/C13H13F3N2O4S/c1-4-22-11(20)8-5(2)7-9(23-8)17-12(21)18(10(7)19)6(3)13(14,15)16/h6H,4H2,1-3H3,(H,17,21)/t6-/m0/s1. The van der Waals surface area contributed by atoms with E-state index in [4.69, 9.17) is 4.74 Å². The Morgan fingerprint density at radius 3 is 2.52 bits per heavy atom. The van der Waals surface area contributed by atoms with Crippen LogP contribution in [0.5, 0.6) is 0 Å². The van der Waals surface area contributed by atoms with Crippen molar-refractivity contribution in [2.24, 2.45) is 0 Å². The Kier molecular flexibility index (Phi) is 4.38. The number of H-pyrrole nitrogens is 1. The van der Waals surface area contributed by atoms with E-state index in [0.717, 1.165) is 18.3 Å². The van der Waals surface area contributed by atoms with E-state index in [9.17, 15) is 27.6 Å². The molecule has 1 N–H and O–H groups in total. The minimum atomic E-state index is -4.75. The maximum absolute atomic E-state index is 12.8. The summed E-state index contributed by atoms with van der Waals surface area (Å²) >= 11 is 0.804. The molecule has 0 fully saturated rings. The van der Waals surface area contributed by atoms with Crippen molar-refractivity contribution >= 4 is 27.5 Å². The molecule has 10 heteroatoms. The number of ether oxygens (including phenoxy) is 1. The third kappa shape index (κ3) is 2.90. The molecule has 0 aromatic carbocycles. The van der Waals surface area contributed by atoms with E-state index < -0.39 is 29.4 Å². The maximum atomic E-state index is 12.8. The van der Waals surface area contributed by atoms with Gasteiger partial charge in [-0.1, -0.05) is 0 Å². The van der Waals surface area contributed by atoms with Crippen molar-refractivity contribution in [3.05, 3.63) is 31.3 Å². The highest BCUT2D eigenvalue weighted by Crippen LogP contribution is 2.30. The summed E-state index contributed by atoms with van der Waals surface area (Å²) in [6.07, 6.45) is -4.75. The van der Waals surface area contributed by atoms with Crippen LogP contribution >= 0.6 is 11.3 Å². The molecule has 0 bridgehead atoms. The first kappa shape index (κ1) is 17.3. The largest absolute Gasteiger partial charge is 0.462 e. The van der Waals surface area contributed by atoms with Crippen molar-refractivity contribution in [1.29, 1.82) is 0 Å². The van der Waals surface area contributed by atoms with Gasteiger partial charge in [0, 0.05) is 0 Å². The number of aromatic amines is 1. The summed E-state index contributed by atoms with van der Waals surface area (Å²) in [5, 5.41) is -0.117. The second-order valence-electron chi connectivity index (χ2n) is 4.80. The number of hydrogen-bond donors (Lipinski definition) is 1. The quantitative estimate of drug-likeness (QED) is 0.862. The zero-order valence-electron chi connectivity index (χ0n) is 12.4. The number of alkyl halides is 3. The SMILES string of the molecule is CCOC(=O)c1sc2[nH]c(=O)n([C@@H](C)C(F)(F)F)c(=O)c2c1C. The second-order valence-corrected chi connectivity index (χ2v) is 5.82. The molecule has 0 aliphatic heterocycles. The number of esters is 1. The van der Waals surface area contributed by atoms with Crippen LogP contribution < -0.4 is 11.2 Å². The molecule has 6 nitrogen and oxygen atoms in total. The van der Waals surface area contributed by atoms with Crippen LogP contribution in [0.25, 0.3) is 10.2 Å². The van der Waals surface area contributed by atoms with E-state index in [1.54, 1.807) is 6.92 Å². The summed E-state index contributed by atoms with van der Waals surface area (Å²) in [6.45, 7) is 3.85. The average molecular weight is 350 g/mol. The van der Waals surface area contributed by atoms with E-state index in [1.807, 2.05) is 0 Å². The van der Waals surface area contributed by atoms with Crippen molar-refractivity contribution in [2.75, 3.05) is 6.61 Å². The van der Waals surface area contributed by atoms with Gasteiger partial charge in [0.05, 0.1) is 12.0 Å². The normalized spacial score (nSPS) is 13.3. The fourth-order valence-corrected chi connectivity index (χ4v) is 3.20. The van der Waals surface area contributed by atoms with Crippen molar-refractivity contribution < 1.29 is 22.7 Å². The number of carbonyl (C=O) groups is 1. The highest BCUT2D eigenvalue weighted by atomic mass is 32.1. The smallest absolute Gasteiger partial charge is 0.409 e. The zero-order chi connectivity index (χ0) is 17.5. The van der Waals surface area contributed by atoms with E-state index in [-0.39, 0.29) is 31.8 Å². The highest BCUT2D eigenvalue weighted by molar-refractivity contribution is 7.20. The predicted molar refractivity (Wildman–Crippen MR) is 78.2 cm³/mol. The molecular weight excluding hydrogens is 337 g/mol. The number of aromatic nitrogens is 2. The number of aryl methyl sites for hydroxylation is 1. The molecule has 0 radical (unpaired) electrons. The fourth-order valence-electron chi connectivity index (χ4n) is 2.12. The number of thiophene rings is 1. The third-order valence-electron chi connectivity index (χ3n) is 3.34. The van der Waals surface area contributed by atoms with Gasteiger partial charge in [0.2, 0.25) is 0 Å². The van der Waals surface area contributed by atoms with Gasteiger partial charge in [0.25, 0.3) is 5.56 Å². The van der Waals surface area contributed by atoms with Crippen LogP contribution in [0.3, 0.4) is 0 Å². The number of carbonyl (C=O) groups excluding carboxylic acids is 1. The van der Waals surface area contributed by atoms with Crippen LogP contribution in [0, 0.1) is 6.92 Å². The Morgan fingerprint density at radius 1 is 1.39 bits per heavy atom. The van der Waals surface area contributed by atoms with Crippen molar-refractivity contribution in [2.45, 2.75) is 33.0 Å². The lowest BCUT2D eigenvalue weighted by molar-refractivity contribution is -0.164. The molecular formula is C13H13F3N2O4S. The Balaban J connectivity index is 2.77. The Labute approximate surface area is 131 Å². The maximum Gasteiger partial charge on any atom is 0.409 e. The molecule has 1 atom stereocenters. The number of nitrogens with zero attached hydrogens (tertiary/aromatic N) is 1. The first-order valence-electron chi connectivity index (χ1n) is 6.61. The Bertz CT molecular complexity index is 878. The molecule has 0 spiro atoms. The van der Waals surface area contributed by atoms with Crippen LogP contribution in [0.2, 0.25) is 0 Å². The van der Waals surface area contributed by atoms with E-state index in [1.165, 1.54) is 6.92 Å². The molecule has 2 aromatic heterocycles. The van der Waals surface area contributed by atoms with Gasteiger partial charge in [-0.2, -0.15) is 13.2 Å². The number of hydrogen-bond acceptors (Lipinski definition) is 5. The molecule has 2 rings (SSSR count). The first-order valence-corrected chi connectivity index (χ1v) is 7.43.